The summed E-state index contributed by atoms with van der Waals surface area (Å²) in [4.78, 5) is 0. The van der Waals surface area contributed by atoms with Crippen molar-refractivity contribution in [2.24, 2.45) is 11.7 Å². The molecule has 0 heterocycles. The fraction of sp³-hybridized carbons (Fsp3) is 0.500. The first-order chi connectivity index (χ1) is 7.88. The monoisotopic (exact) mass is 331 g/mol. The average molecular weight is 333 g/mol. The van der Waals surface area contributed by atoms with E-state index < -0.39 is 12.1 Å². The number of aliphatic hydroxyl groups is 1. The molecular formula is C12H17Cl4NO. The van der Waals surface area contributed by atoms with Gasteiger partial charge in [-0.2, -0.15) is 0 Å². The topological polar surface area (TPSA) is 46.2 Å². The number of nitrogens with two attached hydrogens (primary N) is 1. The molecule has 0 saturated carbocycles. The Hall–Kier alpha value is 0.300. The highest BCUT2D eigenvalue weighted by Crippen LogP contribution is 2.35. The first kappa shape index (κ1) is 18.3. The van der Waals surface area contributed by atoms with Crippen LogP contribution in [0.3, 0.4) is 0 Å². The maximum atomic E-state index is 10.1. The maximum absolute atomic E-state index is 10.1. The SMILES string of the molecule is CCC(C)[C@H](O)[C@H](N)c1cc(Cl)cc(Cl)c1Cl.Cl. The lowest BCUT2D eigenvalue weighted by Crippen LogP contribution is -2.31. The minimum atomic E-state index is -0.674. The summed E-state index contributed by atoms with van der Waals surface area (Å²) < 4.78 is 0. The zero-order chi connectivity index (χ0) is 13.2. The zero-order valence-electron chi connectivity index (χ0n) is 10.2. The summed E-state index contributed by atoms with van der Waals surface area (Å²) in [5, 5.41) is 11.2. The largest absolute Gasteiger partial charge is 0.391 e. The number of hydrogen-bond donors (Lipinski definition) is 2. The normalized spacial score (nSPS) is 15.7. The van der Waals surface area contributed by atoms with E-state index in [2.05, 4.69) is 0 Å². The smallest absolute Gasteiger partial charge is 0.0758 e. The van der Waals surface area contributed by atoms with Crippen LogP contribution in [0.1, 0.15) is 31.9 Å². The van der Waals surface area contributed by atoms with Crippen molar-refractivity contribution in [1.29, 1.82) is 0 Å². The molecule has 0 aliphatic heterocycles. The first-order valence-electron chi connectivity index (χ1n) is 5.46. The van der Waals surface area contributed by atoms with Crippen LogP contribution in [0, 0.1) is 5.92 Å². The van der Waals surface area contributed by atoms with Gasteiger partial charge in [0.25, 0.3) is 0 Å². The van der Waals surface area contributed by atoms with E-state index in [1.807, 2.05) is 13.8 Å². The van der Waals surface area contributed by atoms with Crippen LogP contribution in [0.5, 0.6) is 0 Å². The van der Waals surface area contributed by atoms with Crippen molar-refractivity contribution >= 4 is 47.2 Å². The molecule has 0 radical (unpaired) electrons. The van der Waals surface area contributed by atoms with Gasteiger partial charge in [-0.25, -0.2) is 0 Å². The fourth-order valence-electron chi connectivity index (χ4n) is 1.60. The van der Waals surface area contributed by atoms with Crippen LogP contribution in [0.25, 0.3) is 0 Å². The van der Waals surface area contributed by atoms with Crippen LogP contribution in [0.2, 0.25) is 15.1 Å². The summed E-state index contributed by atoms with van der Waals surface area (Å²) in [6.07, 6.45) is 0.160. The van der Waals surface area contributed by atoms with Crippen LogP contribution in [0.15, 0.2) is 12.1 Å². The van der Waals surface area contributed by atoms with Gasteiger partial charge in [-0.1, -0.05) is 55.1 Å². The van der Waals surface area contributed by atoms with Crippen molar-refractivity contribution in [1.82, 2.24) is 0 Å². The summed E-state index contributed by atoms with van der Waals surface area (Å²) in [7, 11) is 0. The molecule has 0 spiro atoms. The zero-order valence-corrected chi connectivity index (χ0v) is 13.2. The molecule has 0 aromatic heterocycles. The van der Waals surface area contributed by atoms with E-state index in [-0.39, 0.29) is 18.3 Å². The Morgan fingerprint density at radius 3 is 2.33 bits per heavy atom. The first-order valence-corrected chi connectivity index (χ1v) is 6.60. The van der Waals surface area contributed by atoms with Crippen LogP contribution in [-0.2, 0) is 0 Å². The predicted molar refractivity (Wildman–Crippen MR) is 81.1 cm³/mol. The number of halogens is 4. The summed E-state index contributed by atoms with van der Waals surface area (Å²) in [6, 6.07) is 2.61. The van der Waals surface area contributed by atoms with E-state index in [1.54, 1.807) is 12.1 Å². The molecule has 0 saturated heterocycles. The van der Waals surface area contributed by atoms with Crippen LogP contribution >= 0.6 is 47.2 Å². The Morgan fingerprint density at radius 2 is 1.83 bits per heavy atom. The van der Waals surface area contributed by atoms with Crippen LogP contribution < -0.4 is 5.73 Å². The molecule has 1 unspecified atom stereocenters. The quantitative estimate of drug-likeness (QED) is 0.799. The standard InChI is InChI=1S/C12H16Cl3NO.ClH/c1-3-6(2)12(17)11(16)8-4-7(13)5-9(14)10(8)15;/h4-6,11-12,17H,3,16H2,1-2H3;1H/t6?,11-,12+;/m1./s1. The van der Waals surface area contributed by atoms with Crippen molar-refractivity contribution in [3.8, 4) is 0 Å². The van der Waals surface area contributed by atoms with Gasteiger partial charge in [0.15, 0.2) is 0 Å². The Labute approximate surface area is 129 Å². The third-order valence-corrected chi connectivity index (χ3v) is 4.01. The second-order valence-corrected chi connectivity index (χ2v) is 5.41. The van der Waals surface area contributed by atoms with Crippen molar-refractivity contribution < 1.29 is 5.11 Å². The molecule has 104 valence electrons. The Kier molecular flexibility index (Phi) is 7.91. The van der Waals surface area contributed by atoms with Gasteiger partial charge in [-0.3, -0.25) is 0 Å². The number of hydrogen-bond acceptors (Lipinski definition) is 2. The van der Waals surface area contributed by atoms with E-state index in [0.717, 1.165) is 6.42 Å². The highest BCUT2D eigenvalue weighted by atomic mass is 35.5. The molecule has 0 aliphatic carbocycles. The van der Waals surface area contributed by atoms with E-state index in [9.17, 15) is 5.11 Å². The second kappa shape index (κ2) is 7.78. The van der Waals surface area contributed by atoms with Crippen molar-refractivity contribution in [2.75, 3.05) is 0 Å². The van der Waals surface area contributed by atoms with Crippen molar-refractivity contribution in [3.63, 3.8) is 0 Å². The maximum Gasteiger partial charge on any atom is 0.0758 e. The highest BCUT2D eigenvalue weighted by molar-refractivity contribution is 6.43. The number of aliphatic hydroxyl groups excluding tert-OH is 1. The molecule has 1 aromatic rings. The summed E-state index contributed by atoms with van der Waals surface area (Å²) in [5.41, 5.74) is 6.58. The molecule has 1 rings (SSSR count). The minimum absolute atomic E-state index is 0. The summed E-state index contributed by atoms with van der Waals surface area (Å²) in [5.74, 6) is 0.0822. The molecule has 0 amide bonds. The van der Waals surface area contributed by atoms with E-state index in [4.69, 9.17) is 40.5 Å². The molecule has 0 aliphatic rings. The molecule has 1 aromatic carbocycles. The van der Waals surface area contributed by atoms with Gasteiger partial charge in [-0.15, -0.1) is 12.4 Å². The molecule has 3 N–H and O–H groups in total. The molecule has 3 atom stereocenters. The van der Waals surface area contributed by atoms with E-state index in [1.165, 1.54) is 0 Å². The lowest BCUT2D eigenvalue weighted by atomic mass is 9.91. The average Bonchev–Trinajstić information content (AvgIpc) is 2.30. The van der Waals surface area contributed by atoms with E-state index >= 15 is 0 Å². The minimum Gasteiger partial charge on any atom is -0.391 e. The Morgan fingerprint density at radius 1 is 1.28 bits per heavy atom. The molecular weight excluding hydrogens is 316 g/mol. The third kappa shape index (κ3) is 4.16. The molecule has 6 heteroatoms. The Balaban J connectivity index is 0.00000289. The van der Waals surface area contributed by atoms with Crippen molar-refractivity contribution in [3.05, 3.63) is 32.8 Å². The van der Waals surface area contributed by atoms with Crippen LogP contribution in [0.4, 0.5) is 0 Å². The number of benzene rings is 1. The van der Waals surface area contributed by atoms with Gasteiger partial charge in [0.2, 0.25) is 0 Å². The Bertz CT molecular complexity index is 400. The van der Waals surface area contributed by atoms with Crippen molar-refractivity contribution in [2.45, 2.75) is 32.4 Å². The van der Waals surface area contributed by atoms with Gasteiger partial charge >= 0.3 is 0 Å². The molecule has 18 heavy (non-hydrogen) atoms. The van der Waals surface area contributed by atoms with Gasteiger partial charge in [0, 0.05) is 5.02 Å². The predicted octanol–water partition coefficient (Wildman–Crippen LogP) is 4.48. The third-order valence-electron chi connectivity index (χ3n) is 2.98. The van der Waals surface area contributed by atoms with Crippen LogP contribution in [-0.4, -0.2) is 11.2 Å². The van der Waals surface area contributed by atoms with Gasteiger partial charge in [0.05, 0.1) is 22.2 Å². The van der Waals surface area contributed by atoms with Gasteiger partial charge < -0.3 is 10.8 Å². The highest BCUT2D eigenvalue weighted by Gasteiger charge is 2.24. The molecule has 0 bridgehead atoms. The summed E-state index contributed by atoms with van der Waals surface area (Å²) >= 11 is 17.9. The van der Waals surface area contributed by atoms with E-state index in [0.29, 0.717) is 20.6 Å². The number of rotatable bonds is 4. The molecule has 2 nitrogen and oxygen atoms in total. The second-order valence-electron chi connectivity index (χ2n) is 4.19. The molecule has 0 fully saturated rings. The summed E-state index contributed by atoms with van der Waals surface area (Å²) in [6.45, 7) is 3.93. The fourth-order valence-corrected chi connectivity index (χ4v) is 2.34. The lowest BCUT2D eigenvalue weighted by molar-refractivity contribution is 0.0880. The van der Waals surface area contributed by atoms with Gasteiger partial charge in [0.1, 0.15) is 0 Å². The lowest BCUT2D eigenvalue weighted by Gasteiger charge is -2.25. The van der Waals surface area contributed by atoms with Gasteiger partial charge in [-0.05, 0) is 23.6 Å².